The monoisotopic (exact) mass is 314 g/mol. The van der Waals surface area contributed by atoms with Crippen molar-refractivity contribution in [2.45, 2.75) is 4.90 Å². The molecule has 2 rings (SSSR count). The molecule has 1 aromatic carbocycles. The minimum Gasteiger partial charge on any atom is -0.477 e. The van der Waals surface area contributed by atoms with Gasteiger partial charge < -0.3 is 10.8 Å². The zero-order chi connectivity index (χ0) is 14.9. The van der Waals surface area contributed by atoms with Gasteiger partial charge in [0.05, 0.1) is 6.54 Å². The number of hydrogen-bond acceptors (Lipinski definition) is 5. The van der Waals surface area contributed by atoms with Crippen LogP contribution in [0.1, 0.15) is 9.67 Å². The summed E-state index contributed by atoms with van der Waals surface area (Å²) in [7, 11) is -4.14. The van der Waals surface area contributed by atoms with Crippen LogP contribution in [0.25, 0.3) is 10.1 Å². The normalized spacial score (nSPS) is 11.6. The molecule has 0 radical (unpaired) electrons. The summed E-state index contributed by atoms with van der Waals surface area (Å²) in [6, 6.07) is 6.42. The van der Waals surface area contributed by atoms with E-state index in [2.05, 4.69) is 0 Å². The second-order valence-corrected chi connectivity index (χ2v) is 6.61. The third kappa shape index (κ3) is 2.64. The zero-order valence-electron chi connectivity index (χ0n) is 9.99. The summed E-state index contributed by atoms with van der Waals surface area (Å²) in [5.74, 6) is -2.20. The van der Waals surface area contributed by atoms with Crippen molar-refractivity contribution in [2.75, 3.05) is 6.54 Å². The molecule has 1 heterocycles. The van der Waals surface area contributed by atoms with Gasteiger partial charge in [0.25, 0.3) is 0 Å². The Morgan fingerprint density at radius 2 is 1.95 bits per heavy atom. The Hall–Kier alpha value is -1.97. The first-order valence-electron chi connectivity index (χ1n) is 5.35. The number of carbonyl (C=O) groups excluding carboxylic acids is 1. The van der Waals surface area contributed by atoms with E-state index < -0.39 is 28.4 Å². The molecular weight excluding hydrogens is 304 g/mol. The van der Waals surface area contributed by atoms with Crippen molar-refractivity contribution in [1.82, 2.24) is 4.72 Å². The molecule has 0 bridgehead atoms. The number of amides is 1. The van der Waals surface area contributed by atoms with Crippen molar-refractivity contribution in [2.24, 2.45) is 5.73 Å². The Morgan fingerprint density at radius 3 is 2.55 bits per heavy atom. The van der Waals surface area contributed by atoms with E-state index >= 15 is 0 Å². The molecule has 0 saturated carbocycles. The molecule has 0 aliphatic rings. The molecule has 106 valence electrons. The van der Waals surface area contributed by atoms with Crippen molar-refractivity contribution in [1.29, 1.82) is 0 Å². The van der Waals surface area contributed by atoms with E-state index in [0.29, 0.717) is 10.1 Å². The quantitative estimate of drug-likeness (QED) is 0.734. The molecular formula is C11H10N2O5S2. The number of rotatable bonds is 5. The topological polar surface area (TPSA) is 127 Å². The highest BCUT2D eigenvalue weighted by molar-refractivity contribution is 7.90. The fourth-order valence-electron chi connectivity index (χ4n) is 1.67. The van der Waals surface area contributed by atoms with Crippen molar-refractivity contribution < 1.29 is 23.1 Å². The van der Waals surface area contributed by atoms with Gasteiger partial charge in [-0.1, -0.05) is 18.2 Å². The highest BCUT2D eigenvalue weighted by Crippen LogP contribution is 2.34. The number of carbonyl (C=O) groups is 2. The molecule has 2 aromatic rings. The number of carboxylic acid groups (broad SMARTS) is 1. The Balaban J connectivity index is 2.65. The summed E-state index contributed by atoms with van der Waals surface area (Å²) in [5.41, 5.74) is 4.88. The number of nitrogens with two attached hydrogens (primary N) is 1. The number of aromatic carboxylic acids is 1. The molecule has 7 nitrogen and oxygen atoms in total. The van der Waals surface area contributed by atoms with Crippen LogP contribution in [0.3, 0.4) is 0 Å². The smallest absolute Gasteiger partial charge is 0.347 e. The molecule has 0 fully saturated rings. The van der Waals surface area contributed by atoms with Crippen LogP contribution in [-0.4, -0.2) is 31.9 Å². The fourth-order valence-corrected chi connectivity index (χ4v) is 4.40. The van der Waals surface area contributed by atoms with Crippen molar-refractivity contribution >= 4 is 43.3 Å². The maximum absolute atomic E-state index is 12.2. The predicted molar refractivity (Wildman–Crippen MR) is 73.2 cm³/mol. The van der Waals surface area contributed by atoms with E-state index in [1.807, 2.05) is 4.72 Å². The van der Waals surface area contributed by atoms with Crippen LogP contribution in [-0.2, 0) is 14.8 Å². The van der Waals surface area contributed by atoms with Gasteiger partial charge in [-0.25, -0.2) is 17.9 Å². The Bertz CT molecular complexity index is 794. The standard InChI is InChI=1S/C11H10N2O5S2/c12-8(14)5-13-20(17,18)10-6-3-1-2-4-7(6)19-9(10)11(15)16/h1-4,13H,5H2,(H2,12,14)(H,15,16). The summed E-state index contributed by atoms with van der Waals surface area (Å²) >= 11 is 0.858. The lowest BCUT2D eigenvalue weighted by molar-refractivity contribution is -0.116. The van der Waals surface area contributed by atoms with Crippen LogP contribution in [0, 0.1) is 0 Å². The second kappa shape index (κ2) is 5.19. The Morgan fingerprint density at radius 1 is 1.30 bits per heavy atom. The highest BCUT2D eigenvalue weighted by Gasteiger charge is 2.28. The lowest BCUT2D eigenvalue weighted by Crippen LogP contribution is -2.33. The zero-order valence-corrected chi connectivity index (χ0v) is 11.6. The first-order chi connectivity index (χ1) is 9.33. The van der Waals surface area contributed by atoms with Gasteiger partial charge in [0, 0.05) is 10.1 Å². The number of primary amides is 1. The number of nitrogens with one attached hydrogen (secondary N) is 1. The van der Waals surface area contributed by atoms with Gasteiger partial charge in [0.15, 0.2) is 0 Å². The molecule has 1 aromatic heterocycles. The maximum atomic E-state index is 12.2. The van der Waals surface area contributed by atoms with Crippen LogP contribution in [0.15, 0.2) is 29.2 Å². The molecule has 20 heavy (non-hydrogen) atoms. The molecule has 0 aliphatic carbocycles. The molecule has 4 N–H and O–H groups in total. The summed E-state index contributed by atoms with van der Waals surface area (Å²) in [6.45, 7) is -0.592. The minimum atomic E-state index is -4.14. The Kier molecular flexibility index (Phi) is 3.75. The number of hydrogen-bond donors (Lipinski definition) is 3. The summed E-state index contributed by atoms with van der Waals surface area (Å²) in [5, 5.41) is 9.43. The molecule has 0 aliphatic heterocycles. The van der Waals surface area contributed by atoms with Crippen molar-refractivity contribution in [3.8, 4) is 0 Å². The van der Waals surface area contributed by atoms with Crippen LogP contribution >= 0.6 is 11.3 Å². The van der Waals surface area contributed by atoms with E-state index in [1.54, 1.807) is 18.2 Å². The van der Waals surface area contributed by atoms with Crippen LogP contribution in [0.2, 0.25) is 0 Å². The molecule has 1 amide bonds. The van der Waals surface area contributed by atoms with E-state index in [0.717, 1.165) is 11.3 Å². The van der Waals surface area contributed by atoms with Crippen molar-refractivity contribution in [3.63, 3.8) is 0 Å². The van der Waals surface area contributed by atoms with Crippen LogP contribution < -0.4 is 10.5 Å². The van der Waals surface area contributed by atoms with Gasteiger partial charge in [-0.05, 0) is 6.07 Å². The Labute approximate surface area is 118 Å². The highest BCUT2D eigenvalue weighted by atomic mass is 32.2. The molecule has 0 spiro atoms. The minimum absolute atomic E-state index is 0.298. The SMILES string of the molecule is NC(=O)CNS(=O)(=O)c1c(C(=O)O)sc2ccccc12. The summed E-state index contributed by atoms with van der Waals surface area (Å²) in [6.07, 6.45) is 0. The maximum Gasteiger partial charge on any atom is 0.347 e. The molecule has 0 unspecified atom stereocenters. The van der Waals surface area contributed by atoms with Gasteiger partial charge in [0.1, 0.15) is 9.77 Å². The van der Waals surface area contributed by atoms with Gasteiger partial charge in [-0.15, -0.1) is 11.3 Å². The average molecular weight is 314 g/mol. The van der Waals surface area contributed by atoms with E-state index in [4.69, 9.17) is 10.8 Å². The van der Waals surface area contributed by atoms with Gasteiger partial charge >= 0.3 is 5.97 Å². The average Bonchev–Trinajstić information content (AvgIpc) is 2.76. The lowest BCUT2D eigenvalue weighted by Gasteiger charge is -2.05. The number of benzene rings is 1. The first kappa shape index (κ1) is 14.4. The summed E-state index contributed by atoms with van der Waals surface area (Å²) < 4.78 is 26.8. The largest absolute Gasteiger partial charge is 0.477 e. The predicted octanol–water partition coefficient (Wildman–Crippen LogP) is 0.363. The van der Waals surface area contributed by atoms with E-state index in [1.165, 1.54) is 6.07 Å². The molecule has 9 heteroatoms. The first-order valence-corrected chi connectivity index (χ1v) is 7.65. The third-order valence-electron chi connectivity index (χ3n) is 2.45. The number of fused-ring (bicyclic) bond motifs is 1. The van der Waals surface area contributed by atoms with E-state index in [-0.39, 0.29) is 9.77 Å². The van der Waals surface area contributed by atoms with Crippen LogP contribution in [0.4, 0.5) is 0 Å². The van der Waals surface area contributed by atoms with Crippen molar-refractivity contribution in [3.05, 3.63) is 29.1 Å². The summed E-state index contributed by atoms with van der Waals surface area (Å²) in [4.78, 5) is 21.2. The molecule has 0 atom stereocenters. The lowest BCUT2D eigenvalue weighted by atomic mass is 10.2. The molecule has 0 saturated heterocycles. The van der Waals surface area contributed by atoms with E-state index in [9.17, 15) is 18.0 Å². The number of thiophene rings is 1. The van der Waals surface area contributed by atoms with Gasteiger partial charge in [0.2, 0.25) is 15.9 Å². The van der Waals surface area contributed by atoms with Gasteiger partial charge in [-0.2, -0.15) is 0 Å². The third-order valence-corrected chi connectivity index (χ3v) is 5.22. The fraction of sp³-hybridized carbons (Fsp3) is 0.0909. The van der Waals surface area contributed by atoms with Crippen LogP contribution in [0.5, 0.6) is 0 Å². The number of sulfonamides is 1. The van der Waals surface area contributed by atoms with Gasteiger partial charge in [-0.3, -0.25) is 4.79 Å². The number of carboxylic acids is 1. The second-order valence-electron chi connectivity index (χ2n) is 3.85.